The van der Waals surface area contributed by atoms with Gasteiger partial charge in [-0.2, -0.15) is 11.8 Å². The van der Waals surface area contributed by atoms with Gasteiger partial charge in [0.15, 0.2) is 0 Å². The molecule has 1 aromatic carbocycles. The molecule has 0 amide bonds. The number of aliphatic hydroxyl groups is 1. The number of hydrogen-bond acceptors (Lipinski definition) is 4. The quantitative estimate of drug-likeness (QED) is 0.860. The van der Waals surface area contributed by atoms with Crippen LogP contribution in [-0.2, 0) is 0 Å². The third kappa shape index (κ3) is 3.54. The van der Waals surface area contributed by atoms with E-state index in [0.717, 1.165) is 16.7 Å². The number of benzene rings is 1. The SMILES string of the molecule is CN(C[C@H](O)COc1cccc2[nH]ccc12)[C@@H]1CCSC1. The molecule has 1 saturated heterocycles. The van der Waals surface area contributed by atoms with Crippen molar-refractivity contribution in [3.8, 4) is 5.75 Å². The lowest BCUT2D eigenvalue weighted by atomic mass is 10.2. The first-order chi connectivity index (χ1) is 10.2. The maximum Gasteiger partial charge on any atom is 0.128 e. The predicted molar refractivity (Wildman–Crippen MR) is 88.2 cm³/mol. The summed E-state index contributed by atoms with van der Waals surface area (Å²) in [6.07, 6.45) is 2.66. The Labute approximate surface area is 129 Å². The molecular weight excluding hydrogens is 284 g/mol. The molecule has 0 bridgehead atoms. The number of aliphatic hydroxyl groups excluding tert-OH is 1. The number of H-pyrrole nitrogens is 1. The Hall–Kier alpha value is -1.17. The third-order valence-corrected chi connectivity index (χ3v) is 5.16. The van der Waals surface area contributed by atoms with Gasteiger partial charge in [-0.05, 0) is 37.4 Å². The van der Waals surface area contributed by atoms with Gasteiger partial charge in [-0.3, -0.25) is 4.90 Å². The lowest BCUT2D eigenvalue weighted by molar-refractivity contribution is 0.0670. The summed E-state index contributed by atoms with van der Waals surface area (Å²) in [5.41, 5.74) is 1.06. The lowest BCUT2D eigenvalue weighted by Gasteiger charge is -2.26. The summed E-state index contributed by atoms with van der Waals surface area (Å²) in [5.74, 6) is 3.23. The van der Waals surface area contributed by atoms with Gasteiger partial charge in [-0.25, -0.2) is 0 Å². The van der Waals surface area contributed by atoms with Crippen molar-refractivity contribution < 1.29 is 9.84 Å². The molecule has 0 saturated carbocycles. The second-order valence-electron chi connectivity index (χ2n) is 5.62. The first-order valence-electron chi connectivity index (χ1n) is 7.39. The van der Waals surface area contributed by atoms with E-state index in [0.29, 0.717) is 19.2 Å². The molecule has 2 heterocycles. The second kappa shape index (κ2) is 6.73. The first-order valence-corrected chi connectivity index (χ1v) is 8.54. The van der Waals surface area contributed by atoms with Crippen LogP contribution in [0.25, 0.3) is 10.9 Å². The van der Waals surface area contributed by atoms with Crippen molar-refractivity contribution in [3.63, 3.8) is 0 Å². The van der Waals surface area contributed by atoms with E-state index in [9.17, 15) is 5.11 Å². The number of hydrogen-bond donors (Lipinski definition) is 2. The lowest BCUT2D eigenvalue weighted by Crippen LogP contribution is -2.39. The Balaban J connectivity index is 1.53. The molecule has 2 N–H and O–H groups in total. The summed E-state index contributed by atoms with van der Waals surface area (Å²) in [6, 6.07) is 8.52. The molecule has 4 nitrogen and oxygen atoms in total. The van der Waals surface area contributed by atoms with Crippen LogP contribution in [0.5, 0.6) is 5.75 Å². The summed E-state index contributed by atoms with van der Waals surface area (Å²) >= 11 is 1.99. The summed E-state index contributed by atoms with van der Waals surface area (Å²) in [6.45, 7) is 0.989. The fourth-order valence-corrected chi connectivity index (χ4v) is 4.07. The van der Waals surface area contributed by atoms with Crippen LogP contribution in [0.4, 0.5) is 0 Å². The molecule has 5 heteroatoms. The van der Waals surface area contributed by atoms with Crippen LogP contribution in [0.1, 0.15) is 6.42 Å². The molecule has 3 rings (SSSR count). The van der Waals surface area contributed by atoms with Gasteiger partial charge in [0.25, 0.3) is 0 Å². The van der Waals surface area contributed by atoms with Gasteiger partial charge in [0.2, 0.25) is 0 Å². The van der Waals surface area contributed by atoms with Crippen molar-refractivity contribution >= 4 is 22.7 Å². The van der Waals surface area contributed by atoms with E-state index in [1.165, 1.54) is 17.9 Å². The zero-order valence-electron chi connectivity index (χ0n) is 12.3. The van der Waals surface area contributed by atoms with E-state index in [1.54, 1.807) is 0 Å². The molecule has 2 aromatic rings. The van der Waals surface area contributed by atoms with Gasteiger partial charge in [0.05, 0.1) is 0 Å². The highest BCUT2D eigenvalue weighted by Gasteiger charge is 2.22. The van der Waals surface area contributed by atoms with Crippen molar-refractivity contribution in [2.45, 2.75) is 18.6 Å². The van der Waals surface area contributed by atoms with E-state index >= 15 is 0 Å². The Kier molecular flexibility index (Phi) is 4.73. The van der Waals surface area contributed by atoms with Crippen molar-refractivity contribution in [2.24, 2.45) is 0 Å². The monoisotopic (exact) mass is 306 g/mol. The van der Waals surface area contributed by atoms with E-state index in [4.69, 9.17) is 4.74 Å². The number of aromatic nitrogens is 1. The summed E-state index contributed by atoms with van der Waals surface area (Å²) in [7, 11) is 2.09. The van der Waals surface area contributed by atoms with Gasteiger partial charge in [0, 0.05) is 35.4 Å². The van der Waals surface area contributed by atoms with Crippen molar-refractivity contribution in [1.82, 2.24) is 9.88 Å². The van der Waals surface area contributed by atoms with Crippen LogP contribution in [-0.4, -0.2) is 58.8 Å². The number of rotatable bonds is 6. The molecule has 1 aliphatic heterocycles. The van der Waals surface area contributed by atoms with Crippen LogP contribution in [0.2, 0.25) is 0 Å². The van der Waals surface area contributed by atoms with E-state index < -0.39 is 6.10 Å². The average molecular weight is 306 g/mol. The number of nitrogens with zero attached hydrogens (tertiary/aromatic N) is 1. The number of nitrogens with one attached hydrogen (secondary N) is 1. The molecule has 0 aliphatic carbocycles. The largest absolute Gasteiger partial charge is 0.490 e. The highest BCUT2D eigenvalue weighted by Crippen LogP contribution is 2.25. The Morgan fingerprint density at radius 3 is 3.19 bits per heavy atom. The molecule has 1 aromatic heterocycles. The normalized spacial score (nSPS) is 20.2. The zero-order valence-corrected chi connectivity index (χ0v) is 13.1. The maximum atomic E-state index is 10.2. The Morgan fingerprint density at radius 1 is 1.48 bits per heavy atom. The molecule has 1 aliphatic rings. The molecule has 0 unspecified atom stereocenters. The van der Waals surface area contributed by atoms with Crippen LogP contribution < -0.4 is 4.74 Å². The number of ether oxygens (including phenoxy) is 1. The standard InChI is InChI=1S/C16H22N2O2S/c1-18(12-6-8-21-11-12)9-13(19)10-20-16-4-2-3-15-14(16)5-7-17-15/h2-5,7,12-13,17,19H,6,8-11H2,1H3/t12-,13+/m1/s1. The number of thioether (sulfide) groups is 1. The smallest absolute Gasteiger partial charge is 0.128 e. The topological polar surface area (TPSA) is 48.5 Å². The summed E-state index contributed by atoms with van der Waals surface area (Å²) < 4.78 is 5.80. The molecule has 2 atom stereocenters. The minimum absolute atomic E-state index is 0.328. The van der Waals surface area contributed by atoms with E-state index in [2.05, 4.69) is 16.9 Å². The van der Waals surface area contributed by atoms with E-state index in [-0.39, 0.29) is 0 Å². The minimum atomic E-state index is -0.463. The highest BCUT2D eigenvalue weighted by molar-refractivity contribution is 7.99. The number of aromatic amines is 1. The van der Waals surface area contributed by atoms with Crippen LogP contribution in [0.3, 0.4) is 0 Å². The van der Waals surface area contributed by atoms with Gasteiger partial charge in [-0.1, -0.05) is 6.07 Å². The molecule has 0 spiro atoms. The predicted octanol–water partition coefficient (Wildman–Crippen LogP) is 2.34. The molecular formula is C16H22N2O2S. The number of fused-ring (bicyclic) bond motifs is 1. The highest BCUT2D eigenvalue weighted by atomic mass is 32.2. The van der Waals surface area contributed by atoms with Crippen molar-refractivity contribution in [3.05, 3.63) is 30.5 Å². The van der Waals surface area contributed by atoms with Gasteiger partial charge < -0.3 is 14.8 Å². The molecule has 114 valence electrons. The Bertz CT molecular complexity index is 580. The third-order valence-electron chi connectivity index (χ3n) is 4.01. The van der Waals surface area contributed by atoms with Crippen molar-refractivity contribution in [2.75, 3.05) is 31.7 Å². The summed E-state index contributed by atoms with van der Waals surface area (Å²) in [5, 5.41) is 11.2. The molecule has 21 heavy (non-hydrogen) atoms. The molecule has 0 radical (unpaired) electrons. The van der Waals surface area contributed by atoms with Crippen LogP contribution in [0.15, 0.2) is 30.5 Å². The van der Waals surface area contributed by atoms with Crippen LogP contribution >= 0.6 is 11.8 Å². The summed E-state index contributed by atoms with van der Waals surface area (Å²) in [4.78, 5) is 5.42. The molecule has 1 fully saturated rings. The second-order valence-corrected chi connectivity index (χ2v) is 6.77. The van der Waals surface area contributed by atoms with Crippen molar-refractivity contribution in [1.29, 1.82) is 0 Å². The average Bonchev–Trinajstić information content (AvgIpc) is 3.15. The van der Waals surface area contributed by atoms with Gasteiger partial charge in [0.1, 0.15) is 18.5 Å². The van der Waals surface area contributed by atoms with Gasteiger partial charge >= 0.3 is 0 Å². The zero-order chi connectivity index (χ0) is 14.7. The Morgan fingerprint density at radius 2 is 2.38 bits per heavy atom. The first kappa shape index (κ1) is 14.8. The number of likely N-dealkylation sites (N-methyl/N-ethyl adjacent to an activating group) is 1. The van der Waals surface area contributed by atoms with E-state index in [1.807, 2.05) is 42.2 Å². The minimum Gasteiger partial charge on any atom is -0.490 e. The fraction of sp³-hybridized carbons (Fsp3) is 0.500. The van der Waals surface area contributed by atoms with Gasteiger partial charge in [-0.15, -0.1) is 0 Å². The fourth-order valence-electron chi connectivity index (χ4n) is 2.77. The van der Waals surface area contributed by atoms with Crippen LogP contribution in [0, 0.1) is 0 Å². The maximum absolute atomic E-state index is 10.2.